The second kappa shape index (κ2) is 14.3. The summed E-state index contributed by atoms with van der Waals surface area (Å²) < 4.78 is 8.83. The molecule has 0 aliphatic carbocycles. The predicted molar refractivity (Wildman–Crippen MR) is 257 cm³/mol. The molecule has 2 heterocycles. The van der Waals surface area contributed by atoms with Gasteiger partial charge >= 0.3 is 0 Å². The molecule has 286 valence electrons. The summed E-state index contributed by atoms with van der Waals surface area (Å²) in [6.07, 6.45) is 0. The molecular formula is C58H38N2O. The third kappa shape index (κ3) is 5.90. The number of rotatable bonds is 7. The first kappa shape index (κ1) is 34.9. The fourth-order valence-corrected chi connectivity index (χ4v) is 9.31. The molecule has 2 aromatic heterocycles. The van der Waals surface area contributed by atoms with E-state index in [2.05, 4.69) is 228 Å². The quantitative estimate of drug-likeness (QED) is 0.161. The van der Waals surface area contributed by atoms with Crippen LogP contribution in [-0.4, -0.2) is 4.57 Å². The van der Waals surface area contributed by atoms with Crippen molar-refractivity contribution in [3.05, 3.63) is 231 Å². The topological polar surface area (TPSA) is 21.3 Å². The molecule has 0 N–H and O–H groups in total. The summed E-state index contributed by atoms with van der Waals surface area (Å²) in [5.41, 5.74) is 15.5. The Bertz CT molecular complexity index is 3540. The predicted octanol–water partition coefficient (Wildman–Crippen LogP) is 16.3. The summed E-state index contributed by atoms with van der Waals surface area (Å²) in [4.78, 5) is 2.32. The molecule has 3 heteroatoms. The van der Waals surface area contributed by atoms with Gasteiger partial charge in [-0.1, -0.05) is 158 Å². The van der Waals surface area contributed by atoms with Crippen LogP contribution in [0.25, 0.3) is 93.6 Å². The summed E-state index contributed by atoms with van der Waals surface area (Å²) in [5, 5.41) is 7.22. The van der Waals surface area contributed by atoms with Crippen molar-refractivity contribution >= 4 is 71.6 Å². The highest BCUT2D eigenvalue weighted by atomic mass is 16.3. The lowest BCUT2D eigenvalue weighted by Gasteiger charge is -2.26. The molecule has 0 atom stereocenters. The van der Waals surface area contributed by atoms with Crippen LogP contribution in [0.3, 0.4) is 0 Å². The molecule has 0 fully saturated rings. The number of furan rings is 1. The molecular weight excluding hydrogens is 741 g/mol. The van der Waals surface area contributed by atoms with Crippen LogP contribution in [0.4, 0.5) is 17.1 Å². The minimum absolute atomic E-state index is 0.865. The summed E-state index contributed by atoms with van der Waals surface area (Å²) >= 11 is 0. The SMILES string of the molecule is c1ccc(-c2ccccc2-n2c3ccccc3c3ccccc32)c(-c2ccc(N(c3ccc(-c4ccc5ccccc5c4)cc3)c3ccc4c(c3)oc3ccccc34)cc2)c1. The van der Waals surface area contributed by atoms with Crippen LogP contribution in [0.5, 0.6) is 0 Å². The molecule has 10 aromatic carbocycles. The van der Waals surface area contributed by atoms with Gasteiger partial charge in [0, 0.05) is 50.2 Å². The van der Waals surface area contributed by atoms with E-state index in [9.17, 15) is 0 Å². The van der Waals surface area contributed by atoms with Gasteiger partial charge in [-0.3, -0.25) is 0 Å². The van der Waals surface area contributed by atoms with Crippen LogP contribution in [0.15, 0.2) is 235 Å². The van der Waals surface area contributed by atoms with Gasteiger partial charge in [0.05, 0.1) is 16.7 Å². The molecule has 0 spiro atoms. The Labute approximate surface area is 353 Å². The number of hydrogen-bond donors (Lipinski definition) is 0. The van der Waals surface area contributed by atoms with Gasteiger partial charge in [0.2, 0.25) is 0 Å². The zero-order valence-electron chi connectivity index (χ0n) is 33.2. The van der Waals surface area contributed by atoms with Crippen molar-refractivity contribution < 1.29 is 4.42 Å². The number of anilines is 3. The average Bonchev–Trinajstić information content (AvgIpc) is 3.87. The fraction of sp³-hybridized carbons (Fsp3) is 0. The number of para-hydroxylation sites is 4. The van der Waals surface area contributed by atoms with Gasteiger partial charge < -0.3 is 13.9 Å². The number of hydrogen-bond acceptors (Lipinski definition) is 2. The third-order valence-corrected chi connectivity index (χ3v) is 12.2. The minimum atomic E-state index is 0.865. The number of benzene rings is 10. The fourth-order valence-electron chi connectivity index (χ4n) is 9.31. The van der Waals surface area contributed by atoms with Crippen molar-refractivity contribution in [2.45, 2.75) is 0 Å². The van der Waals surface area contributed by atoms with Crippen LogP contribution < -0.4 is 4.90 Å². The maximum Gasteiger partial charge on any atom is 0.137 e. The Morgan fingerprint density at radius 1 is 0.311 bits per heavy atom. The standard InChI is InChI=1S/C58H38N2O/c1-2-14-42-37-43(26-25-39(42)13-1)40-27-31-44(32-28-40)59(46-35-36-53-52-20-8-12-24-57(52)61-58(53)38-46)45-33-29-41(30-34-45)47-15-3-4-16-48(47)49-17-5-9-21-54(49)60-55-22-10-6-18-50(55)51-19-7-11-23-56(51)60/h1-38H. The lowest BCUT2D eigenvalue weighted by molar-refractivity contribution is 0.669. The first-order valence-electron chi connectivity index (χ1n) is 20.8. The molecule has 0 aliphatic rings. The number of aromatic nitrogens is 1. The lowest BCUT2D eigenvalue weighted by atomic mass is 9.93. The highest BCUT2D eigenvalue weighted by Crippen LogP contribution is 2.43. The third-order valence-electron chi connectivity index (χ3n) is 12.2. The Balaban J connectivity index is 0.961. The second-order valence-corrected chi connectivity index (χ2v) is 15.7. The van der Waals surface area contributed by atoms with Crippen molar-refractivity contribution in [2.24, 2.45) is 0 Å². The van der Waals surface area contributed by atoms with Gasteiger partial charge in [0.25, 0.3) is 0 Å². The van der Waals surface area contributed by atoms with Crippen LogP contribution in [0.1, 0.15) is 0 Å². The van der Waals surface area contributed by atoms with E-state index >= 15 is 0 Å². The van der Waals surface area contributed by atoms with Crippen LogP contribution >= 0.6 is 0 Å². The zero-order chi connectivity index (χ0) is 40.3. The Hall–Kier alpha value is -8.14. The van der Waals surface area contributed by atoms with E-state index in [1.807, 2.05) is 12.1 Å². The van der Waals surface area contributed by atoms with E-state index in [0.717, 1.165) is 50.3 Å². The van der Waals surface area contributed by atoms with Gasteiger partial charge in [-0.25, -0.2) is 0 Å². The van der Waals surface area contributed by atoms with E-state index in [1.54, 1.807) is 0 Å². The van der Waals surface area contributed by atoms with Gasteiger partial charge in [-0.2, -0.15) is 0 Å². The molecule has 0 radical (unpaired) electrons. The maximum atomic E-state index is 6.41. The molecule has 0 bridgehead atoms. The first-order chi connectivity index (χ1) is 30.2. The molecule has 0 saturated heterocycles. The van der Waals surface area contributed by atoms with Gasteiger partial charge in [0.1, 0.15) is 11.2 Å². The molecule has 12 rings (SSSR count). The van der Waals surface area contributed by atoms with E-state index in [0.29, 0.717) is 0 Å². The van der Waals surface area contributed by atoms with E-state index in [1.165, 1.54) is 60.4 Å². The molecule has 0 unspecified atom stereocenters. The van der Waals surface area contributed by atoms with Crippen molar-refractivity contribution in [2.75, 3.05) is 4.90 Å². The largest absolute Gasteiger partial charge is 0.456 e. The van der Waals surface area contributed by atoms with Crippen LogP contribution in [-0.2, 0) is 0 Å². The maximum absolute atomic E-state index is 6.41. The Morgan fingerprint density at radius 3 is 1.57 bits per heavy atom. The number of fused-ring (bicyclic) bond motifs is 7. The van der Waals surface area contributed by atoms with Crippen molar-refractivity contribution in [3.63, 3.8) is 0 Å². The highest BCUT2D eigenvalue weighted by Gasteiger charge is 2.19. The molecule has 12 aromatic rings. The van der Waals surface area contributed by atoms with Gasteiger partial charge in [0.15, 0.2) is 0 Å². The van der Waals surface area contributed by atoms with Crippen molar-refractivity contribution in [3.8, 4) is 39.1 Å². The Morgan fingerprint density at radius 2 is 0.836 bits per heavy atom. The molecule has 0 amide bonds. The summed E-state index contributed by atoms with van der Waals surface area (Å²) in [6.45, 7) is 0. The minimum Gasteiger partial charge on any atom is -0.456 e. The normalized spacial score (nSPS) is 11.6. The molecule has 0 aliphatic heterocycles. The van der Waals surface area contributed by atoms with Crippen molar-refractivity contribution in [1.82, 2.24) is 4.57 Å². The highest BCUT2D eigenvalue weighted by molar-refractivity contribution is 6.10. The van der Waals surface area contributed by atoms with E-state index in [4.69, 9.17) is 4.42 Å². The van der Waals surface area contributed by atoms with Crippen molar-refractivity contribution in [1.29, 1.82) is 0 Å². The molecule has 0 saturated carbocycles. The summed E-state index contributed by atoms with van der Waals surface area (Å²) in [6, 6.07) is 82.9. The summed E-state index contributed by atoms with van der Waals surface area (Å²) in [7, 11) is 0. The zero-order valence-corrected chi connectivity index (χ0v) is 33.2. The lowest BCUT2D eigenvalue weighted by Crippen LogP contribution is -2.09. The van der Waals surface area contributed by atoms with Crippen LogP contribution in [0.2, 0.25) is 0 Å². The van der Waals surface area contributed by atoms with E-state index < -0.39 is 0 Å². The average molecular weight is 779 g/mol. The second-order valence-electron chi connectivity index (χ2n) is 15.7. The van der Waals surface area contributed by atoms with Gasteiger partial charge in [-0.15, -0.1) is 0 Å². The Kier molecular flexibility index (Phi) is 8.17. The van der Waals surface area contributed by atoms with Gasteiger partial charge in [-0.05, 0) is 105 Å². The number of nitrogens with zero attached hydrogens (tertiary/aromatic N) is 2. The summed E-state index contributed by atoms with van der Waals surface area (Å²) in [5.74, 6) is 0. The molecule has 61 heavy (non-hydrogen) atoms. The smallest absolute Gasteiger partial charge is 0.137 e. The molecule has 3 nitrogen and oxygen atoms in total. The van der Waals surface area contributed by atoms with E-state index in [-0.39, 0.29) is 0 Å². The monoisotopic (exact) mass is 778 g/mol. The van der Waals surface area contributed by atoms with Crippen LogP contribution in [0, 0.1) is 0 Å². The first-order valence-corrected chi connectivity index (χ1v) is 20.8.